The molecular formula is C17H20N2O2. The number of nitrogens with zero attached hydrogens (tertiary/aromatic N) is 1. The molecule has 1 heterocycles. The number of carbonyl (C=O) groups is 1. The van der Waals surface area contributed by atoms with Gasteiger partial charge in [-0.05, 0) is 49.2 Å². The normalized spacial score (nSPS) is 11.7. The minimum atomic E-state index is -0.110. The van der Waals surface area contributed by atoms with Crippen molar-refractivity contribution in [3.8, 4) is 5.75 Å². The Balaban J connectivity index is 2.03. The average Bonchev–Trinajstić information content (AvgIpc) is 2.54. The van der Waals surface area contributed by atoms with Gasteiger partial charge in [-0.15, -0.1) is 0 Å². The number of aromatic nitrogens is 1. The van der Waals surface area contributed by atoms with Crippen molar-refractivity contribution in [2.24, 2.45) is 0 Å². The Morgan fingerprint density at radius 3 is 2.76 bits per heavy atom. The molecule has 2 aromatic rings. The van der Waals surface area contributed by atoms with Gasteiger partial charge in [0, 0.05) is 18.0 Å². The molecule has 0 saturated carbocycles. The summed E-state index contributed by atoms with van der Waals surface area (Å²) in [4.78, 5) is 16.2. The predicted molar refractivity (Wildman–Crippen MR) is 82.3 cm³/mol. The number of amides is 1. The zero-order chi connectivity index (χ0) is 15.1. The second kappa shape index (κ2) is 7.43. The first-order chi connectivity index (χ1) is 10.2. The van der Waals surface area contributed by atoms with E-state index >= 15 is 0 Å². The lowest BCUT2D eigenvalue weighted by atomic mass is 10.1. The van der Waals surface area contributed by atoms with E-state index in [-0.39, 0.29) is 11.9 Å². The van der Waals surface area contributed by atoms with Crippen LogP contribution in [0.15, 0.2) is 48.8 Å². The monoisotopic (exact) mass is 284 g/mol. The number of pyridine rings is 1. The van der Waals surface area contributed by atoms with Crippen molar-refractivity contribution < 1.29 is 9.53 Å². The van der Waals surface area contributed by atoms with Crippen LogP contribution in [0.2, 0.25) is 0 Å². The Labute approximate surface area is 125 Å². The minimum Gasteiger partial charge on any atom is -0.494 e. The Morgan fingerprint density at radius 2 is 2.05 bits per heavy atom. The van der Waals surface area contributed by atoms with Gasteiger partial charge in [-0.3, -0.25) is 9.78 Å². The largest absolute Gasteiger partial charge is 0.494 e. The van der Waals surface area contributed by atoms with E-state index in [1.165, 1.54) is 0 Å². The van der Waals surface area contributed by atoms with Gasteiger partial charge >= 0.3 is 0 Å². The summed E-state index contributed by atoms with van der Waals surface area (Å²) in [5.74, 6) is 0.613. The zero-order valence-corrected chi connectivity index (χ0v) is 12.4. The van der Waals surface area contributed by atoms with Crippen molar-refractivity contribution in [1.82, 2.24) is 10.3 Å². The second-order valence-electron chi connectivity index (χ2n) is 4.85. The number of nitrogens with one attached hydrogen (secondary N) is 1. The number of rotatable bonds is 6. The van der Waals surface area contributed by atoms with Crippen LogP contribution in [0.3, 0.4) is 0 Å². The van der Waals surface area contributed by atoms with E-state index in [9.17, 15) is 4.79 Å². The minimum absolute atomic E-state index is 0.0688. The lowest BCUT2D eigenvalue weighted by Gasteiger charge is -2.14. The summed E-state index contributed by atoms with van der Waals surface area (Å²) in [6, 6.07) is 11.0. The van der Waals surface area contributed by atoms with Gasteiger partial charge in [-0.1, -0.05) is 13.0 Å². The van der Waals surface area contributed by atoms with Crippen LogP contribution in [-0.4, -0.2) is 17.5 Å². The van der Waals surface area contributed by atoms with Gasteiger partial charge in [0.25, 0.3) is 5.91 Å². The summed E-state index contributed by atoms with van der Waals surface area (Å²) in [5, 5.41) is 2.97. The number of hydrogen-bond acceptors (Lipinski definition) is 3. The molecule has 1 aromatic carbocycles. The predicted octanol–water partition coefficient (Wildman–Crippen LogP) is 3.36. The van der Waals surface area contributed by atoms with Gasteiger partial charge in [-0.2, -0.15) is 0 Å². The quantitative estimate of drug-likeness (QED) is 0.885. The molecule has 1 aromatic heterocycles. The standard InChI is InChI=1S/C17H20N2O2/c1-3-11-21-16-6-4-5-15(12-16)17(20)19-13(2)14-7-9-18-10-8-14/h4-10,12-13H,3,11H2,1-2H3,(H,19,20)/t13-/m0/s1. The van der Waals surface area contributed by atoms with Gasteiger partial charge in [0.1, 0.15) is 5.75 Å². The summed E-state index contributed by atoms with van der Waals surface area (Å²) in [6.45, 7) is 4.65. The lowest BCUT2D eigenvalue weighted by Crippen LogP contribution is -2.26. The van der Waals surface area contributed by atoms with Crippen molar-refractivity contribution in [2.45, 2.75) is 26.3 Å². The Bertz CT molecular complexity index is 584. The van der Waals surface area contributed by atoms with E-state index in [1.807, 2.05) is 38.1 Å². The third-order valence-corrected chi connectivity index (χ3v) is 3.12. The molecule has 0 saturated heterocycles. The maximum absolute atomic E-state index is 12.3. The van der Waals surface area contributed by atoms with Gasteiger partial charge in [0.05, 0.1) is 12.6 Å². The summed E-state index contributed by atoms with van der Waals surface area (Å²) in [5.41, 5.74) is 1.63. The molecule has 0 aliphatic carbocycles. The number of benzene rings is 1. The van der Waals surface area contributed by atoms with Crippen LogP contribution in [0.4, 0.5) is 0 Å². The van der Waals surface area contributed by atoms with Crippen molar-refractivity contribution in [3.63, 3.8) is 0 Å². The molecule has 0 radical (unpaired) electrons. The second-order valence-corrected chi connectivity index (χ2v) is 4.85. The van der Waals surface area contributed by atoms with Gasteiger partial charge in [0.15, 0.2) is 0 Å². The Hall–Kier alpha value is -2.36. The molecular weight excluding hydrogens is 264 g/mol. The lowest BCUT2D eigenvalue weighted by molar-refractivity contribution is 0.0939. The first-order valence-corrected chi connectivity index (χ1v) is 7.14. The van der Waals surface area contributed by atoms with E-state index in [0.717, 1.165) is 17.7 Å². The molecule has 0 fully saturated rings. The van der Waals surface area contributed by atoms with Crippen molar-refractivity contribution in [3.05, 3.63) is 59.9 Å². The fourth-order valence-corrected chi connectivity index (χ4v) is 1.96. The highest BCUT2D eigenvalue weighted by molar-refractivity contribution is 5.94. The van der Waals surface area contributed by atoms with E-state index in [1.54, 1.807) is 24.5 Å². The molecule has 110 valence electrons. The molecule has 1 N–H and O–H groups in total. The highest BCUT2D eigenvalue weighted by atomic mass is 16.5. The molecule has 1 atom stereocenters. The fourth-order valence-electron chi connectivity index (χ4n) is 1.96. The Kier molecular flexibility index (Phi) is 5.32. The van der Waals surface area contributed by atoms with Crippen LogP contribution in [0.5, 0.6) is 5.75 Å². The van der Waals surface area contributed by atoms with Crippen LogP contribution in [0, 0.1) is 0 Å². The molecule has 0 aliphatic heterocycles. The molecule has 21 heavy (non-hydrogen) atoms. The van der Waals surface area contributed by atoms with Crippen molar-refractivity contribution in [1.29, 1.82) is 0 Å². The zero-order valence-electron chi connectivity index (χ0n) is 12.4. The molecule has 0 bridgehead atoms. The molecule has 2 rings (SSSR count). The van der Waals surface area contributed by atoms with Crippen LogP contribution < -0.4 is 10.1 Å². The third kappa shape index (κ3) is 4.31. The highest BCUT2D eigenvalue weighted by Gasteiger charge is 2.11. The van der Waals surface area contributed by atoms with Crippen LogP contribution in [0.1, 0.15) is 42.2 Å². The fraction of sp³-hybridized carbons (Fsp3) is 0.294. The molecule has 4 nitrogen and oxygen atoms in total. The summed E-state index contributed by atoms with van der Waals surface area (Å²) < 4.78 is 5.55. The van der Waals surface area contributed by atoms with Gasteiger partial charge < -0.3 is 10.1 Å². The number of hydrogen-bond donors (Lipinski definition) is 1. The van der Waals surface area contributed by atoms with Gasteiger partial charge in [0.2, 0.25) is 0 Å². The molecule has 0 spiro atoms. The van der Waals surface area contributed by atoms with Crippen molar-refractivity contribution >= 4 is 5.91 Å². The topological polar surface area (TPSA) is 51.2 Å². The summed E-state index contributed by atoms with van der Waals surface area (Å²) in [7, 11) is 0. The highest BCUT2D eigenvalue weighted by Crippen LogP contribution is 2.16. The number of carbonyl (C=O) groups excluding carboxylic acids is 1. The maximum Gasteiger partial charge on any atom is 0.251 e. The first kappa shape index (κ1) is 15.0. The summed E-state index contributed by atoms with van der Waals surface area (Å²) in [6.07, 6.45) is 4.38. The molecule has 1 amide bonds. The van der Waals surface area contributed by atoms with E-state index in [2.05, 4.69) is 10.3 Å². The first-order valence-electron chi connectivity index (χ1n) is 7.14. The molecule has 0 aliphatic rings. The van der Waals surface area contributed by atoms with Crippen LogP contribution in [-0.2, 0) is 0 Å². The maximum atomic E-state index is 12.3. The SMILES string of the molecule is CCCOc1cccc(C(=O)N[C@@H](C)c2ccncc2)c1. The van der Waals surface area contributed by atoms with Gasteiger partial charge in [-0.25, -0.2) is 0 Å². The van der Waals surface area contributed by atoms with Crippen molar-refractivity contribution in [2.75, 3.05) is 6.61 Å². The summed E-state index contributed by atoms with van der Waals surface area (Å²) >= 11 is 0. The van der Waals surface area contributed by atoms with Crippen LogP contribution >= 0.6 is 0 Å². The van der Waals surface area contributed by atoms with E-state index in [0.29, 0.717) is 12.2 Å². The molecule has 4 heteroatoms. The Morgan fingerprint density at radius 1 is 1.29 bits per heavy atom. The smallest absolute Gasteiger partial charge is 0.251 e. The van der Waals surface area contributed by atoms with E-state index < -0.39 is 0 Å². The number of ether oxygens (including phenoxy) is 1. The third-order valence-electron chi connectivity index (χ3n) is 3.12. The van der Waals surface area contributed by atoms with E-state index in [4.69, 9.17) is 4.74 Å². The molecule has 0 unspecified atom stereocenters. The average molecular weight is 284 g/mol. The van der Waals surface area contributed by atoms with Crippen LogP contribution in [0.25, 0.3) is 0 Å².